The monoisotopic (exact) mass is 458 g/mol. The van der Waals surface area contributed by atoms with Crippen molar-refractivity contribution in [1.29, 1.82) is 0 Å². The van der Waals surface area contributed by atoms with Crippen LogP contribution in [0, 0.1) is 5.92 Å². The van der Waals surface area contributed by atoms with Crippen LogP contribution < -0.4 is 15.0 Å². The molecule has 4 nitrogen and oxygen atoms in total. The van der Waals surface area contributed by atoms with Crippen molar-refractivity contribution >= 4 is 23.2 Å². The number of amides is 1. The Kier molecular flexibility index (Phi) is 6.67. The van der Waals surface area contributed by atoms with Gasteiger partial charge in [0.15, 0.2) is 5.75 Å². The van der Waals surface area contributed by atoms with E-state index in [0.717, 1.165) is 30.8 Å². The van der Waals surface area contributed by atoms with Gasteiger partial charge in [0, 0.05) is 18.2 Å². The lowest BCUT2D eigenvalue weighted by molar-refractivity contribution is 0.0903. The van der Waals surface area contributed by atoms with Gasteiger partial charge in [0.1, 0.15) is 6.61 Å². The van der Waals surface area contributed by atoms with Gasteiger partial charge in [-0.3, -0.25) is 4.79 Å². The van der Waals surface area contributed by atoms with Crippen molar-refractivity contribution in [2.75, 3.05) is 25.1 Å². The number of anilines is 1. The molecule has 0 aromatic heterocycles. The zero-order chi connectivity index (χ0) is 23.5. The molecule has 2 aromatic carbocycles. The summed E-state index contributed by atoms with van der Waals surface area (Å²) in [5.41, 5.74) is 5.46. The third-order valence-corrected chi connectivity index (χ3v) is 8.03. The molecule has 1 heterocycles. The van der Waals surface area contributed by atoms with Crippen LogP contribution in [0.3, 0.4) is 0 Å². The number of nitrogens with one attached hydrogen (secondary N) is 1. The quantitative estimate of drug-likeness (QED) is 0.507. The van der Waals surface area contributed by atoms with Gasteiger partial charge in [0.25, 0.3) is 5.91 Å². The van der Waals surface area contributed by atoms with Gasteiger partial charge >= 0.3 is 0 Å². The zero-order valence-electron chi connectivity index (χ0n) is 20.7. The molecule has 0 atom stereocenters. The molecule has 0 spiro atoms. The summed E-state index contributed by atoms with van der Waals surface area (Å²) in [6.45, 7) is 3.60. The van der Waals surface area contributed by atoms with Gasteiger partial charge < -0.3 is 15.0 Å². The minimum absolute atomic E-state index is 0.00578. The maximum Gasteiger partial charge on any atom is 0.255 e. The third kappa shape index (κ3) is 4.73. The molecule has 0 saturated heterocycles. The Morgan fingerprint density at radius 1 is 1.00 bits per heavy atom. The average Bonchev–Trinajstić information content (AvgIpc) is 3.29. The highest BCUT2D eigenvalue weighted by molar-refractivity contribution is 6.02. The van der Waals surface area contributed by atoms with E-state index in [0.29, 0.717) is 18.1 Å². The van der Waals surface area contributed by atoms with E-state index < -0.39 is 0 Å². The molecule has 4 heteroatoms. The third-order valence-electron chi connectivity index (χ3n) is 8.03. The Morgan fingerprint density at radius 3 is 2.44 bits per heavy atom. The van der Waals surface area contributed by atoms with Crippen LogP contribution in [-0.4, -0.2) is 31.6 Å². The normalized spacial score (nSPS) is 20.5. The maximum atomic E-state index is 13.4. The molecule has 1 aliphatic heterocycles. The zero-order valence-corrected chi connectivity index (χ0v) is 20.7. The van der Waals surface area contributed by atoms with E-state index in [9.17, 15) is 4.79 Å². The van der Waals surface area contributed by atoms with E-state index in [2.05, 4.69) is 66.7 Å². The number of rotatable bonds is 5. The number of allylic oxidation sites excluding steroid dienone is 1. The Labute approximate surface area is 204 Å². The van der Waals surface area contributed by atoms with E-state index in [4.69, 9.17) is 4.74 Å². The first-order valence-electron chi connectivity index (χ1n) is 13.1. The smallest absolute Gasteiger partial charge is 0.255 e. The van der Waals surface area contributed by atoms with Crippen molar-refractivity contribution in [2.45, 2.75) is 70.3 Å². The molecule has 5 rings (SSSR count). The number of hydrogen-bond acceptors (Lipinski definition) is 3. The number of benzene rings is 2. The van der Waals surface area contributed by atoms with E-state index in [1.165, 1.54) is 61.6 Å². The fraction of sp³-hybridized carbons (Fsp3) is 0.500. The molecular weight excluding hydrogens is 420 g/mol. The molecule has 180 valence electrons. The van der Waals surface area contributed by atoms with Crippen LogP contribution in [-0.2, 0) is 0 Å². The standard InChI is InChI=1S/C30H38N2O2/c1-30(17-9-10-18-30)31-29(33)25-16-15-24(27-28(25)34-20-19-32(27)2)26(23-13-7-4-8-14-23)21-22-11-5-3-6-12-22/h3,5-6,11-12,15-16,21,23H,4,7-10,13-14,17-20H2,1-2H3,(H,31,33)/b26-21+. The molecule has 3 aliphatic rings. The molecule has 0 bridgehead atoms. The second kappa shape index (κ2) is 9.85. The summed E-state index contributed by atoms with van der Waals surface area (Å²) in [4.78, 5) is 15.7. The first-order valence-corrected chi connectivity index (χ1v) is 13.1. The molecule has 2 fully saturated rings. The van der Waals surface area contributed by atoms with Crippen molar-refractivity contribution in [3.05, 3.63) is 59.2 Å². The van der Waals surface area contributed by atoms with Gasteiger partial charge in [-0.2, -0.15) is 0 Å². The van der Waals surface area contributed by atoms with Crippen LogP contribution in [0.5, 0.6) is 5.75 Å². The summed E-state index contributed by atoms with van der Waals surface area (Å²) < 4.78 is 6.24. The molecule has 2 aromatic rings. The summed E-state index contributed by atoms with van der Waals surface area (Å²) in [5.74, 6) is 1.28. The second-order valence-electron chi connectivity index (χ2n) is 10.7. The maximum absolute atomic E-state index is 13.4. The highest BCUT2D eigenvalue weighted by Gasteiger charge is 2.34. The summed E-state index contributed by atoms with van der Waals surface area (Å²) >= 11 is 0. The summed E-state index contributed by atoms with van der Waals surface area (Å²) in [7, 11) is 2.13. The van der Waals surface area contributed by atoms with Crippen LogP contribution in [0.1, 0.15) is 86.2 Å². The minimum atomic E-state index is -0.107. The minimum Gasteiger partial charge on any atom is -0.489 e. The van der Waals surface area contributed by atoms with Crippen LogP contribution in [0.15, 0.2) is 42.5 Å². The lowest BCUT2D eigenvalue weighted by Gasteiger charge is -2.34. The predicted octanol–water partition coefficient (Wildman–Crippen LogP) is 6.70. The Morgan fingerprint density at radius 2 is 1.71 bits per heavy atom. The van der Waals surface area contributed by atoms with E-state index >= 15 is 0 Å². The first-order chi connectivity index (χ1) is 16.5. The molecule has 0 radical (unpaired) electrons. The lowest BCUT2D eigenvalue weighted by Crippen LogP contribution is -2.44. The van der Waals surface area contributed by atoms with Crippen LogP contribution in [0.25, 0.3) is 11.6 Å². The van der Waals surface area contributed by atoms with Gasteiger partial charge in [-0.1, -0.05) is 74.6 Å². The lowest BCUT2D eigenvalue weighted by atomic mass is 9.79. The van der Waals surface area contributed by atoms with Gasteiger partial charge in [-0.05, 0) is 55.7 Å². The van der Waals surface area contributed by atoms with Crippen molar-refractivity contribution in [3.8, 4) is 5.75 Å². The fourth-order valence-corrected chi connectivity index (χ4v) is 6.08. The Hall–Kier alpha value is -2.75. The van der Waals surface area contributed by atoms with E-state index in [1.54, 1.807) is 0 Å². The number of carbonyl (C=O) groups excluding carboxylic acids is 1. The Bertz CT molecular complexity index is 1050. The number of fused-ring (bicyclic) bond motifs is 1. The van der Waals surface area contributed by atoms with Gasteiger partial charge in [0.2, 0.25) is 0 Å². The largest absolute Gasteiger partial charge is 0.489 e. The molecule has 1 amide bonds. The summed E-state index contributed by atoms with van der Waals surface area (Å²) in [6.07, 6.45) is 13.2. The van der Waals surface area contributed by atoms with E-state index in [1.807, 2.05) is 6.07 Å². The molecule has 2 aliphatic carbocycles. The fourth-order valence-electron chi connectivity index (χ4n) is 6.08. The number of ether oxygens (including phenoxy) is 1. The first kappa shape index (κ1) is 23.0. The Balaban J connectivity index is 1.58. The number of carbonyl (C=O) groups is 1. The molecule has 2 saturated carbocycles. The van der Waals surface area contributed by atoms with Crippen molar-refractivity contribution in [1.82, 2.24) is 5.32 Å². The van der Waals surface area contributed by atoms with Crippen LogP contribution in [0.4, 0.5) is 5.69 Å². The SMILES string of the molecule is CN1CCOc2c(C(=O)NC3(C)CCCC3)ccc(/C(=C/c3ccccc3)C3CCCCC3)c21. The van der Waals surface area contributed by atoms with Crippen molar-refractivity contribution in [3.63, 3.8) is 0 Å². The molecule has 34 heavy (non-hydrogen) atoms. The highest BCUT2D eigenvalue weighted by Crippen LogP contribution is 2.46. The topological polar surface area (TPSA) is 41.6 Å². The van der Waals surface area contributed by atoms with Crippen molar-refractivity contribution < 1.29 is 9.53 Å². The highest BCUT2D eigenvalue weighted by atomic mass is 16.5. The number of likely N-dealkylation sites (N-methyl/N-ethyl adjacent to an activating group) is 1. The van der Waals surface area contributed by atoms with Crippen LogP contribution >= 0.6 is 0 Å². The average molecular weight is 459 g/mol. The van der Waals surface area contributed by atoms with Crippen LogP contribution in [0.2, 0.25) is 0 Å². The van der Waals surface area contributed by atoms with Gasteiger partial charge in [-0.15, -0.1) is 0 Å². The number of nitrogens with zero attached hydrogens (tertiary/aromatic N) is 1. The molecular formula is C30H38N2O2. The van der Waals surface area contributed by atoms with E-state index in [-0.39, 0.29) is 11.4 Å². The van der Waals surface area contributed by atoms with Gasteiger partial charge in [0.05, 0.1) is 17.8 Å². The second-order valence-corrected chi connectivity index (χ2v) is 10.7. The number of hydrogen-bond donors (Lipinski definition) is 1. The molecule has 0 unspecified atom stereocenters. The summed E-state index contributed by atoms with van der Waals surface area (Å²) in [6, 6.07) is 14.8. The van der Waals surface area contributed by atoms with Crippen molar-refractivity contribution in [2.24, 2.45) is 5.92 Å². The van der Waals surface area contributed by atoms with Gasteiger partial charge in [-0.25, -0.2) is 0 Å². The molecule has 1 N–H and O–H groups in total. The predicted molar refractivity (Wildman–Crippen MR) is 140 cm³/mol. The summed E-state index contributed by atoms with van der Waals surface area (Å²) in [5, 5.41) is 3.34.